The van der Waals surface area contributed by atoms with Crippen LogP contribution < -0.4 is 10.1 Å². The second kappa shape index (κ2) is 6.67. The number of benzene rings is 2. The Hall–Kier alpha value is -3.68. The van der Waals surface area contributed by atoms with Gasteiger partial charge >= 0.3 is 0 Å². The molecule has 2 amide bonds. The number of amides is 2. The van der Waals surface area contributed by atoms with E-state index in [0.29, 0.717) is 17.0 Å². The Balaban J connectivity index is 2.08. The van der Waals surface area contributed by atoms with E-state index in [1.807, 2.05) is 0 Å². The van der Waals surface area contributed by atoms with Gasteiger partial charge in [0.15, 0.2) is 0 Å². The van der Waals surface area contributed by atoms with E-state index in [1.165, 1.54) is 38.4 Å². The van der Waals surface area contributed by atoms with Crippen molar-refractivity contribution in [2.24, 2.45) is 0 Å². The van der Waals surface area contributed by atoms with Crippen LogP contribution in [-0.2, 0) is 9.59 Å². The number of nitrogens with one attached hydrogen (secondary N) is 1. The smallest absolute Gasteiger partial charge is 0.277 e. The first kappa shape index (κ1) is 17.2. The number of imide groups is 1. The Labute approximate surface area is 148 Å². The molecule has 1 heterocycles. The third-order valence-corrected chi connectivity index (χ3v) is 4.02. The van der Waals surface area contributed by atoms with Crippen molar-refractivity contribution in [1.29, 1.82) is 0 Å². The number of ether oxygens (including phenoxy) is 1. The maximum absolute atomic E-state index is 12.5. The number of hydrogen-bond acceptors (Lipinski definition) is 6. The van der Waals surface area contributed by atoms with Crippen molar-refractivity contribution < 1.29 is 19.2 Å². The standard InChI is InChI=1S/C18H15N3O5/c1-20-17(22)15(11-7-9-12(10-8-11)21(24)25)16(18(20)23)19-13-5-3-4-6-14(13)26-2/h3-10,19H,1-2H3. The van der Waals surface area contributed by atoms with E-state index in [4.69, 9.17) is 4.74 Å². The molecule has 26 heavy (non-hydrogen) atoms. The summed E-state index contributed by atoms with van der Waals surface area (Å²) in [6.07, 6.45) is 0. The highest BCUT2D eigenvalue weighted by atomic mass is 16.6. The van der Waals surface area contributed by atoms with Crippen molar-refractivity contribution in [3.8, 4) is 5.75 Å². The number of non-ortho nitro benzene ring substituents is 1. The molecule has 1 N–H and O–H groups in total. The molecule has 8 nitrogen and oxygen atoms in total. The van der Waals surface area contributed by atoms with Crippen LogP contribution in [-0.4, -0.2) is 35.8 Å². The predicted molar refractivity (Wildman–Crippen MR) is 94.4 cm³/mol. The maximum Gasteiger partial charge on any atom is 0.277 e. The van der Waals surface area contributed by atoms with Gasteiger partial charge in [0.2, 0.25) is 0 Å². The predicted octanol–water partition coefficient (Wildman–Crippen LogP) is 2.43. The summed E-state index contributed by atoms with van der Waals surface area (Å²) < 4.78 is 5.26. The van der Waals surface area contributed by atoms with E-state index >= 15 is 0 Å². The number of nitro benzene ring substituents is 1. The summed E-state index contributed by atoms with van der Waals surface area (Å²) >= 11 is 0. The number of methoxy groups -OCH3 is 1. The van der Waals surface area contributed by atoms with Gasteiger partial charge in [0.1, 0.15) is 11.4 Å². The zero-order valence-corrected chi connectivity index (χ0v) is 14.1. The van der Waals surface area contributed by atoms with Crippen LogP contribution in [0.25, 0.3) is 5.57 Å². The highest BCUT2D eigenvalue weighted by Gasteiger charge is 2.37. The number of para-hydroxylation sites is 2. The summed E-state index contributed by atoms with van der Waals surface area (Å²) in [7, 11) is 2.88. The number of nitro groups is 1. The molecular weight excluding hydrogens is 338 g/mol. The number of hydrogen-bond donors (Lipinski definition) is 1. The number of likely N-dealkylation sites (N-methyl/N-ethyl adjacent to an activating group) is 1. The summed E-state index contributed by atoms with van der Waals surface area (Å²) in [6.45, 7) is 0. The van der Waals surface area contributed by atoms with E-state index in [9.17, 15) is 19.7 Å². The molecule has 0 unspecified atom stereocenters. The largest absolute Gasteiger partial charge is 0.495 e. The second-order valence-corrected chi connectivity index (χ2v) is 5.55. The van der Waals surface area contributed by atoms with Crippen LogP contribution in [0.2, 0.25) is 0 Å². The molecule has 1 aliphatic heterocycles. The Morgan fingerprint density at radius 1 is 1.04 bits per heavy atom. The van der Waals surface area contributed by atoms with Gasteiger partial charge in [-0.2, -0.15) is 0 Å². The van der Waals surface area contributed by atoms with Crippen LogP contribution in [0.4, 0.5) is 11.4 Å². The Morgan fingerprint density at radius 3 is 2.31 bits per heavy atom. The summed E-state index contributed by atoms with van der Waals surface area (Å²) in [5, 5.41) is 13.8. The number of rotatable bonds is 5. The van der Waals surface area contributed by atoms with Crippen molar-refractivity contribution in [3.05, 3.63) is 69.9 Å². The summed E-state index contributed by atoms with van der Waals surface area (Å²) in [4.78, 5) is 36.3. The van der Waals surface area contributed by atoms with E-state index in [1.54, 1.807) is 24.3 Å². The van der Waals surface area contributed by atoms with Gasteiger partial charge in [-0.25, -0.2) is 0 Å². The molecule has 0 saturated heterocycles. The first-order valence-corrected chi connectivity index (χ1v) is 7.65. The molecule has 2 aromatic carbocycles. The number of nitrogens with zero attached hydrogens (tertiary/aromatic N) is 2. The highest BCUT2D eigenvalue weighted by Crippen LogP contribution is 2.33. The van der Waals surface area contributed by atoms with Gasteiger partial charge in [-0.15, -0.1) is 0 Å². The SMILES string of the molecule is COc1ccccc1NC1=C(c2ccc([N+](=O)[O-])cc2)C(=O)N(C)C1=O. The fourth-order valence-electron chi connectivity index (χ4n) is 2.66. The second-order valence-electron chi connectivity index (χ2n) is 5.55. The maximum atomic E-state index is 12.5. The van der Waals surface area contributed by atoms with E-state index < -0.39 is 16.7 Å². The third kappa shape index (κ3) is 2.88. The third-order valence-electron chi connectivity index (χ3n) is 4.02. The van der Waals surface area contributed by atoms with E-state index in [2.05, 4.69) is 5.32 Å². The van der Waals surface area contributed by atoms with Crippen LogP contribution in [0.5, 0.6) is 5.75 Å². The van der Waals surface area contributed by atoms with Crippen molar-refractivity contribution >= 4 is 28.8 Å². The molecule has 0 fully saturated rings. The van der Waals surface area contributed by atoms with Gasteiger partial charge in [-0.3, -0.25) is 24.6 Å². The molecule has 0 radical (unpaired) electrons. The average Bonchev–Trinajstić information content (AvgIpc) is 2.86. The topological polar surface area (TPSA) is 102 Å². The van der Waals surface area contributed by atoms with Crippen LogP contribution in [0, 0.1) is 10.1 Å². The van der Waals surface area contributed by atoms with Gasteiger partial charge in [-0.05, 0) is 29.8 Å². The lowest BCUT2D eigenvalue weighted by molar-refractivity contribution is -0.384. The van der Waals surface area contributed by atoms with E-state index in [-0.39, 0.29) is 17.0 Å². The lowest BCUT2D eigenvalue weighted by Crippen LogP contribution is -2.27. The minimum Gasteiger partial charge on any atom is -0.495 e. The van der Waals surface area contributed by atoms with Gasteiger partial charge in [-0.1, -0.05) is 12.1 Å². The van der Waals surface area contributed by atoms with Crippen LogP contribution >= 0.6 is 0 Å². The molecule has 0 bridgehead atoms. The summed E-state index contributed by atoms with van der Waals surface area (Å²) in [5.74, 6) is -0.464. The quantitative estimate of drug-likeness (QED) is 0.503. The number of carbonyl (C=O) groups is 2. The minimum absolute atomic E-state index is 0.0934. The van der Waals surface area contributed by atoms with Gasteiger partial charge in [0.25, 0.3) is 17.5 Å². The molecule has 0 atom stereocenters. The Bertz CT molecular complexity index is 934. The molecule has 0 aliphatic carbocycles. The first-order chi connectivity index (χ1) is 12.4. The summed E-state index contributed by atoms with van der Waals surface area (Å²) in [6, 6.07) is 12.5. The lowest BCUT2D eigenvalue weighted by atomic mass is 10.0. The highest BCUT2D eigenvalue weighted by molar-refractivity contribution is 6.36. The number of carbonyl (C=O) groups excluding carboxylic acids is 2. The monoisotopic (exact) mass is 353 g/mol. The zero-order valence-electron chi connectivity index (χ0n) is 14.1. The molecule has 0 aromatic heterocycles. The van der Waals surface area contributed by atoms with Crippen molar-refractivity contribution in [2.45, 2.75) is 0 Å². The van der Waals surface area contributed by atoms with Crippen molar-refractivity contribution in [3.63, 3.8) is 0 Å². The molecule has 132 valence electrons. The molecule has 3 rings (SSSR count). The fraction of sp³-hybridized carbons (Fsp3) is 0.111. The van der Waals surface area contributed by atoms with Crippen LogP contribution in [0.1, 0.15) is 5.56 Å². The average molecular weight is 353 g/mol. The van der Waals surface area contributed by atoms with Crippen LogP contribution in [0.3, 0.4) is 0 Å². The normalized spacial score (nSPS) is 14.0. The van der Waals surface area contributed by atoms with E-state index in [0.717, 1.165) is 4.90 Å². The van der Waals surface area contributed by atoms with Crippen molar-refractivity contribution in [1.82, 2.24) is 4.90 Å². The van der Waals surface area contributed by atoms with Gasteiger partial charge < -0.3 is 10.1 Å². The Kier molecular flexibility index (Phi) is 4.40. The summed E-state index contributed by atoms with van der Waals surface area (Å²) in [5.41, 5.74) is 1.09. The first-order valence-electron chi connectivity index (χ1n) is 7.65. The molecular formula is C18H15N3O5. The molecule has 0 saturated carbocycles. The zero-order chi connectivity index (χ0) is 18.8. The van der Waals surface area contributed by atoms with Gasteiger partial charge in [0.05, 0.1) is 23.3 Å². The van der Waals surface area contributed by atoms with Gasteiger partial charge in [0, 0.05) is 19.2 Å². The van der Waals surface area contributed by atoms with Crippen LogP contribution in [0.15, 0.2) is 54.2 Å². The minimum atomic E-state index is -0.528. The number of anilines is 1. The van der Waals surface area contributed by atoms with Crippen molar-refractivity contribution in [2.75, 3.05) is 19.5 Å². The lowest BCUT2D eigenvalue weighted by Gasteiger charge is -2.12. The molecule has 0 spiro atoms. The molecule has 1 aliphatic rings. The molecule has 8 heteroatoms. The molecule has 2 aromatic rings. The Morgan fingerprint density at radius 2 is 1.69 bits per heavy atom. The fourth-order valence-corrected chi connectivity index (χ4v) is 2.66.